The highest BCUT2D eigenvalue weighted by Gasteiger charge is 2.68. The average Bonchev–Trinajstić information content (AvgIpc) is 1.84. The Kier molecular flexibility index (Phi) is 2.94. The maximum absolute atomic E-state index is 12.1. The van der Waals surface area contributed by atoms with Crippen molar-refractivity contribution in [2.45, 2.75) is 11.4 Å². The van der Waals surface area contributed by atoms with Crippen LogP contribution in [0.3, 0.4) is 0 Å². The molecule has 0 atom stereocenters. The fourth-order valence-corrected chi connectivity index (χ4v) is 0.672. The van der Waals surface area contributed by atoms with E-state index >= 15 is 0 Å². The molecule has 1 N–H and O–H groups in total. The van der Waals surface area contributed by atoms with E-state index in [1.165, 1.54) is 0 Å². The van der Waals surface area contributed by atoms with Crippen molar-refractivity contribution in [2.24, 2.45) is 0 Å². The molecule has 13 heavy (non-hydrogen) atoms. The van der Waals surface area contributed by atoms with E-state index in [2.05, 4.69) is 11.3 Å². The molecule has 0 aromatic rings. The summed E-state index contributed by atoms with van der Waals surface area (Å²) in [6.07, 6.45) is -5.43. The molecule has 4 nitrogen and oxygen atoms in total. The second-order valence-corrected chi connectivity index (χ2v) is 3.26. The standard InChI is InChI=1S/C4H4F4O4S/c1-2-12-3(5,6)4(7,8)13(9,10)11/h2H,1H2,(H,9,10,11). The van der Waals surface area contributed by atoms with Gasteiger partial charge >= 0.3 is 21.5 Å². The summed E-state index contributed by atoms with van der Waals surface area (Å²) in [5.41, 5.74) is 0. The molecule has 0 aromatic carbocycles. The topological polar surface area (TPSA) is 63.6 Å². The zero-order valence-electron chi connectivity index (χ0n) is 5.88. The minimum Gasteiger partial charge on any atom is -0.436 e. The molecule has 9 heteroatoms. The molecule has 0 spiro atoms. The number of hydrogen-bond acceptors (Lipinski definition) is 3. The Bertz CT molecular complexity index is 295. The first kappa shape index (κ1) is 12.2. The number of ether oxygens (including phenoxy) is 1. The van der Waals surface area contributed by atoms with Crippen LogP contribution in [-0.4, -0.2) is 24.3 Å². The number of rotatable bonds is 4. The molecule has 0 rings (SSSR count). The van der Waals surface area contributed by atoms with Gasteiger partial charge in [0, 0.05) is 0 Å². The van der Waals surface area contributed by atoms with E-state index in [0.29, 0.717) is 0 Å². The van der Waals surface area contributed by atoms with Crippen molar-refractivity contribution in [2.75, 3.05) is 0 Å². The molecule has 0 aliphatic heterocycles. The van der Waals surface area contributed by atoms with Crippen LogP contribution in [0.1, 0.15) is 0 Å². The van der Waals surface area contributed by atoms with Crippen molar-refractivity contribution >= 4 is 10.1 Å². The summed E-state index contributed by atoms with van der Waals surface area (Å²) in [6.45, 7) is 2.53. The van der Waals surface area contributed by atoms with Crippen molar-refractivity contribution in [1.29, 1.82) is 0 Å². The van der Waals surface area contributed by atoms with E-state index in [0.717, 1.165) is 0 Å². The summed E-state index contributed by atoms with van der Waals surface area (Å²) in [7, 11) is -6.24. The Morgan fingerprint density at radius 2 is 1.69 bits per heavy atom. The van der Waals surface area contributed by atoms with E-state index in [1.807, 2.05) is 0 Å². The van der Waals surface area contributed by atoms with Crippen LogP contribution in [0.4, 0.5) is 17.6 Å². The van der Waals surface area contributed by atoms with Gasteiger partial charge in [-0.2, -0.15) is 26.0 Å². The van der Waals surface area contributed by atoms with Gasteiger partial charge in [0.2, 0.25) is 0 Å². The van der Waals surface area contributed by atoms with E-state index in [-0.39, 0.29) is 6.26 Å². The average molecular weight is 224 g/mol. The van der Waals surface area contributed by atoms with Crippen molar-refractivity contribution in [3.8, 4) is 0 Å². The molecule has 0 radical (unpaired) electrons. The molecular formula is C4H4F4O4S. The highest BCUT2D eigenvalue weighted by Crippen LogP contribution is 2.39. The second-order valence-electron chi connectivity index (χ2n) is 1.79. The van der Waals surface area contributed by atoms with Gasteiger partial charge in [-0.05, 0) is 0 Å². The van der Waals surface area contributed by atoms with Crippen molar-refractivity contribution in [3.63, 3.8) is 0 Å². The van der Waals surface area contributed by atoms with E-state index in [9.17, 15) is 26.0 Å². The maximum atomic E-state index is 12.1. The molecular weight excluding hydrogens is 220 g/mol. The summed E-state index contributed by atoms with van der Waals surface area (Å²) in [4.78, 5) is 0. The first-order valence-electron chi connectivity index (χ1n) is 2.57. The predicted octanol–water partition coefficient (Wildman–Crippen LogP) is 1.22. The number of hydrogen-bond donors (Lipinski definition) is 1. The smallest absolute Gasteiger partial charge is 0.436 e. The molecule has 0 saturated carbocycles. The van der Waals surface area contributed by atoms with Crippen LogP contribution >= 0.6 is 0 Å². The molecule has 78 valence electrons. The highest BCUT2D eigenvalue weighted by atomic mass is 32.2. The lowest BCUT2D eigenvalue weighted by Crippen LogP contribution is -2.47. The Morgan fingerprint density at radius 1 is 1.31 bits per heavy atom. The second kappa shape index (κ2) is 3.14. The molecule has 0 aromatic heterocycles. The van der Waals surface area contributed by atoms with Gasteiger partial charge < -0.3 is 4.74 Å². The van der Waals surface area contributed by atoms with Gasteiger partial charge in [0.1, 0.15) is 0 Å². The molecule has 0 saturated heterocycles. The first-order valence-corrected chi connectivity index (χ1v) is 4.01. The normalized spacial score (nSPS) is 13.9. The third-order valence-corrected chi connectivity index (χ3v) is 1.78. The Labute approximate surface area is 70.5 Å². The lowest BCUT2D eigenvalue weighted by molar-refractivity contribution is -0.294. The van der Waals surface area contributed by atoms with Gasteiger partial charge in [0.25, 0.3) is 0 Å². The molecule has 0 bridgehead atoms. The highest BCUT2D eigenvalue weighted by molar-refractivity contribution is 7.86. The quantitative estimate of drug-likeness (QED) is 0.443. The van der Waals surface area contributed by atoms with E-state index in [4.69, 9.17) is 4.55 Å². The largest absolute Gasteiger partial charge is 0.482 e. The summed E-state index contributed by atoms with van der Waals surface area (Å²) in [5, 5.41) is -5.71. The fourth-order valence-electron chi connectivity index (χ4n) is 0.323. The Hall–Kier alpha value is -0.830. The Balaban J connectivity index is 5.15. The first-order chi connectivity index (χ1) is 5.56. The molecule has 0 fully saturated rings. The van der Waals surface area contributed by atoms with Crippen LogP contribution in [0.15, 0.2) is 12.8 Å². The van der Waals surface area contributed by atoms with Gasteiger partial charge in [-0.3, -0.25) is 4.55 Å². The van der Waals surface area contributed by atoms with E-state index in [1.54, 1.807) is 0 Å². The summed E-state index contributed by atoms with van der Waals surface area (Å²) >= 11 is 0. The van der Waals surface area contributed by atoms with Crippen LogP contribution in [0.5, 0.6) is 0 Å². The zero-order valence-corrected chi connectivity index (χ0v) is 6.69. The van der Waals surface area contributed by atoms with Gasteiger partial charge in [0.15, 0.2) is 0 Å². The zero-order chi connectivity index (χ0) is 10.9. The predicted molar refractivity (Wildman–Crippen MR) is 32.7 cm³/mol. The lowest BCUT2D eigenvalue weighted by atomic mass is 10.6. The summed E-state index contributed by atoms with van der Waals surface area (Å²) in [5.74, 6) is 0. The lowest BCUT2D eigenvalue weighted by Gasteiger charge is -2.21. The molecule has 0 amide bonds. The monoisotopic (exact) mass is 224 g/mol. The minimum absolute atomic E-state index is 0.0703. The number of halogens is 4. The SMILES string of the molecule is C=COC(F)(F)C(F)(F)S(=O)(=O)O. The van der Waals surface area contributed by atoms with Crippen LogP contribution in [0.25, 0.3) is 0 Å². The van der Waals surface area contributed by atoms with Crippen molar-refractivity contribution in [3.05, 3.63) is 12.8 Å². The summed E-state index contributed by atoms with van der Waals surface area (Å²) < 4.78 is 78.8. The minimum atomic E-state index is -6.24. The Morgan fingerprint density at radius 3 is 1.92 bits per heavy atom. The van der Waals surface area contributed by atoms with Gasteiger partial charge in [-0.15, -0.1) is 0 Å². The third-order valence-electron chi connectivity index (χ3n) is 0.894. The van der Waals surface area contributed by atoms with Gasteiger partial charge in [0.05, 0.1) is 6.26 Å². The van der Waals surface area contributed by atoms with Crippen LogP contribution in [-0.2, 0) is 14.9 Å². The maximum Gasteiger partial charge on any atom is 0.482 e. The van der Waals surface area contributed by atoms with Crippen LogP contribution < -0.4 is 0 Å². The van der Waals surface area contributed by atoms with E-state index < -0.39 is 21.5 Å². The molecule has 0 aliphatic carbocycles. The van der Waals surface area contributed by atoms with Crippen LogP contribution in [0.2, 0.25) is 0 Å². The third kappa shape index (κ3) is 2.10. The summed E-state index contributed by atoms with van der Waals surface area (Å²) in [6, 6.07) is 0. The van der Waals surface area contributed by atoms with Gasteiger partial charge in [-0.25, -0.2) is 0 Å². The number of alkyl halides is 4. The van der Waals surface area contributed by atoms with Crippen molar-refractivity contribution in [1.82, 2.24) is 0 Å². The molecule has 0 heterocycles. The van der Waals surface area contributed by atoms with Crippen LogP contribution in [0, 0.1) is 0 Å². The van der Waals surface area contributed by atoms with Gasteiger partial charge in [-0.1, -0.05) is 6.58 Å². The fraction of sp³-hybridized carbons (Fsp3) is 0.500. The molecule has 0 aliphatic rings. The van der Waals surface area contributed by atoms with Crippen molar-refractivity contribution < 1.29 is 35.3 Å². The molecule has 0 unspecified atom stereocenters.